The molecule has 5 nitrogen and oxygen atoms in total. The van der Waals surface area contributed by atoms with E-state index in [4.69, 9.17) is 0 Å². The summed E-state index contributed by atoms with van der Waals surface area (Å²) >= 11 is 0. The van der Waals surface area contributed by atoms with Crippen molar-refractivity contribution in [1.29, 1.82) is 0 Å². The number of hydrogen-bond acceptors (Lipinski definition) is 4. The minimum Gasteiger partial charge on any atom is -0.310 e. The van der Waals surface area contributed by atoms with E-state index in [-0.39, 0.29) is 11.8 Å². The predicted octanol–water partition coefficient (Wildman–Crippen LogP) is 1.17. The van der Waals surface area contributed by atoms with Gasteiger partial charge in [-0.1, -0.05) is 0 Å². The van der Waals surface area contributed by atoms with E-state index in [1.54, 1.807) is 0 Å². The summed E-state index contributed by atoms with van der Waals surface area (Å²) in [5.41, 5.74) is 1.76. The molecule has 0 saturated carbocycles. The lowest BCUT2D eigenvalue weighted by Gasteiger charge is -2.18. The van der Waals surface area contributed by atoms with Crippen molar-refractivity contribution in [1.82, 2.24) is 15.3 Å². The second-order valence-corrected chi connectivity index (χ2v) is 5.35. The van der Waals surface area contributed by atoms with Gasteiger partial charge in [-0.25, -0.2) is 9.97 Å². The van der Waals surface area contributed by atoms with Crippen molar-refractivity contribution in [2.75, 3.05) is 5.32 Å². The predicted molar refractivity (Wildman–Crippen MR) is 68.2 cm³/mol. The van der Waals surface area contributed by atoms with Crippen LogP contribution in [-0.2, 0) is 4.79 Å². The molecule has 3 atom stereocenters. The number of carbonyl (C=O) groups is 1. The quantitative estimate of drug-likeness (QED) is 0.822. The zero-order chi connectivity index (χ0) is 12.7. The number of carbonyl (C=O) groups excluding carboxylic acids is 1. The van der Waals surface area contributed by atoms with Crippen LogP contribution in [0.5, 0.6) is 0 Å². The average molecular weight is 246 g/mol. The van der Waals surface area contributed by atoms with Crippen molar-refractivity contribution in [2.24, 2.45) is 5.92 Å². The first-order chi connectivity index (χ1) is 8.61. The van der Waals surface area contributed by atoms with Crippen LogP contribution in [0.25, 0.3) is 0 Å². The van der Waals surface area contributed by atoms with Crippen LogP contribution in [0.15, 0.2) is 6.07 Å². The van der Waals surface area contributed by atoms with Crippen molar-refractivity contribution < 1.29 is 4.79 Å². The van der Waals surface area contributed by atoms with Gasteiger partial charge in [0.25, 0.3) is 0 Å². The molecule has 3 rings (SSSR count). The van der Waals surface area contributed by atoms with Gasteiger partial charge in [0.2, 0.25) is 11.9 Å². The number of anilines is 1. The van der Waals surface area contributed by atoms with Crippen LogP contribution in [0.2, 0.25) is 0 Å². The van der Waals surface area contributed by atoms with Gasteiger partial charge in [-0.2, -0.15) is 0 Å². The van der Waals surface area contributed by atoms with Crippen LogP contribution >= 0.6 is 0 Å². The summed E-state index contributed by atoms with van der Waals surface area (Å²) in [6.45, 7) is 3.81. The van der Waals surface area contributed by atoms with E-state index in [1.807, 2.05) is 19.9 Å². The second kappa shape index (κ2) is 4.31. The standard InChI is InChI=1S/C13H18N4O/c1-7-5-8(2)15-13(14-7)17-12(18)10-6-9-3-4-11(10)16-9/h5,9-11,16H,3-4,6H2,1-2H3,(H,14,15,17,18). The third kappa shape index (κ3) is 2.10. The van der Waals surface area contributed by atoms with E-state index in [1.165, 1.54) is 6.42 Å². The number of aryl methyl sites for hydroxylation is 2. The van der Waals surface area contributed by atoms with Crippen LogP contribution in [0.1, 0.15) is 30.7 Å². The Labute approximate surface area is 106 Å². The van der Waals surface area contributed by atoms with Crippen molar-refractivity contribution in [3.8, 4) is 0 Å². The monoisotopic (exact) mass is 246 g/mol. The third-order valence-corrected chi connectivity index (χ3v) is 3.85. The lowest BCUT2D eigenvalue weighted by Crippen LogP contribution is -2.33. The van der Waals surface area contributed by atoms with Gasteiger partial charge in [0, 0.05) is 23.5 Å². The van der Waals surface area contributed by atoms with Gasteiger partial charge in [-0.05, 0) is 39.2 Å². The Morgan fingerprint density at radius 1 is 1.33 bits per heavy atom. The Morgan fingerprint density at radius 2 is 2.06 bits per heavy atom. The number of nitrogens with one attached hydrogen (secondary N) is 2. The lowest BCUT2D eigenvalue weighted by molar-refractivity contribution is -0.120. The molecule has 0 radical (unpaired) electrons. The van der Waals surface area contributed by atoms with Gasteiger partial charge < -0.3 is 5.32 Å². The van der Waals surface area contributed by atoms with Gasteiger partial charge in [-0.3, -0.25) is 10.1 Å². The van der Waals surface area contributed by atoms with Crippen LogP contribution in [0.3, 0.4) is 0 Å². The molecule has 0 aliphatic carbocycles. The molecule has 2 bridgehead atoms. The second-order valence-electron chi connectivity index (χ2n) is 5.35. The van der Waals surface area contributed by atoms with Crippen molar-refractivity contribution in [3.05, 3.63) is 17.5 Å². The number of rotatable bonds is 2. The third-order valence-electron chi connectivity index (χ3n) is 3.85. The molecule has 0 spiro atoms. The Kier molecular flexibility index (Phi) is 2.78. The molecule has 5 heteroatoms. The Morgan fingerprint density at radius 3 is 2.61 bits per heavy atom. The fourth-order valence-corrected chi connectivity index (χ4v) is 3.10. The molecule has 2 saturated heterocycles. The molecular formula is C13H18N4O. The highest BCUT2D eigenvalue weighted by Crippen LogP contribution is 2.33. The molecule has 2 N–H and O–H groups in total. The maximum absolute atomic E-state index is 12.2. The average Bonchev–Trinajstić information content (AvgIpc) is 2.88. The fraction of sp³-hybridized carbons (Fsp3) is 0.615. The molecule has 1 aromatic rings. The van der Waals surface area contributed by atoms with Gasteiger partial charge >= 0.3 is 0 Å². The molecule has 2 aliphatic heterocycles. The Bertz CT molecular complexity index is 468. The normalized spacial score (nSPS) is 29.6. The molecule has 3 unspecified atom stereocenters. The zero-order valence-electron chi connectivity index (χ0n) is 10.7. The van der Waals surface area contributed by atoms with E-state index in [0.29, 0.717) is 18.0 Å². The first-order valence-electron chi connectivity index (χ1n) is 6.51. The molecule has 18 heavy (non-hydrogen) atoms. The van der Waals surface area contributed by atoms with Gasteiger partial charge in [0.1, 0.15) is 0 Å². The van der Waals surface area contributed by atoms with Crippen LogP contribution in [-0.4, -0.2) is 28.0 Å². The van der Waals surface area contributed by atoms with E-state index >= 15 is 0 Å². The number of fused-ring (bicyclic) bond motifs is 2. The summed E-state index contributed by atoms with van der Waals surface area (Å²) in [5.74, 6) is 0.563. The Hall–Kier alpha value is -1.49. The van der Waals surface area contributed by atoms with E-state index in [2.05, 4.69) is 20.6 Å². The summed E-state index contributed by atoms with van der Waals surface area (Å²) in [6, 6.07) is 2.78. The molecule has 1 aromatic heterocycles. The van der Waals surface area contributed by atoms with Gasteiger partial charge in [0.15, 0.2) is 0 Å². The first kappa shape index (κ1) is 11.6. The summed E-state index contributed by atoms with van der Waals surface area (Å²) in [4.78, 5) is 20.7. The van der Waals surface area contributed by atoms with E-state index < -0.39 is 0 Å². The molecule has 3 heterocycles. The molecule has 0 aromatic carbocycles. The summed E-state index contributed by atoms with van der Waals surface area (Å²) in [5, 5.41) is 6.31. The van der Waals surface area contributed by atoms with Crippen molar-refractivity contribution in [2.45, 2.75) is 45.2 Å². The number of amides is 1. The van der Waals surface area contributed by atoms with Crippen LogP contribution in [0, 0.1) is 19.8 Å². The largest absolute Gasteiger partial charge is 0.310 e. The minimum absolute atomic E-state index is 0.0553. The number of hydrogen-bond donors (Lipinski definition) is 2. The Balaban J connectivity index is 1.70. The van der Waals surface area contributed by atoms with Crippen LogP contribution in [0.4, 0.5) is 5.95 Å². The first-order valence-corrected chi connectivity index (χ1v) is 6.51. The van der Waals surface area contributed by atoms with Crippen molar-refractivity contribution in [3.63, 3.8) is 0 Å². The zero-order valence-corrected chi connectivity index (χ0v) is 10.7. The maximum Gasteiger partial charge on any atom is 0.231 e. The topological polar surface area (TPSA) is 66.9 Å². The van der Waals surface area contributed by atoms with Crippen molar-refractivity contribution >= 4 is 11.9 Å². The number of nitrogens with zero attached hydrogens (tertiary/aromatic N) is 2. The molecule has 2 fully saturated rings. The highest BCUT2D eigenvalue weighted by Gasteiger charge is 2.42. The smallest absolute Gasteiger partial charge is 0.231 e. The molecule has 96 valence electrons. The van der Waals surface area contributed by atoms with Crippen LogP contribution < -0.4 is 10.6 Å². The summed E-state index contributed by atoms with van der Waals surface area (Å²) < 4.78 is 0. The molecule has 1 amide bonds. The maximum atomic E-state index is 12.2. The highest BCUT2D eigenvalue weighted by molar-refractivity contribution is 5.91. The highest BCUT2D eigenvalue weighted by atomic mass is 16.2. The fourth-order valence-electron chi connectivity index (χ4n) is 3.10. The SMILES string of the molecule is Cc1cc(C)nc(NC(=O)C2CC3CCC2N3)n1. The van der Waals surface area contributed by atoms with Gasteiger partial charge in [0.05, 0.1) is 5.92 Å². The molecule has 2 aliphatic rings. The molecular weight excluding hydrogens is 228 g/mol. The summed E-state index contributed by atoms with van der Waals surface area (Å²) in [6.07, 6.45) is 3.26. The lowest BCUT2D eigenvalue weighted by atomic mass is 9.88. The summed E-state index contributed by atoms with van der Waals surface area (Å²) in [7, 11) is 0. The number of aromatic nitrogens is 2. The van der Waals surface area contributed by atoms with Gasteiger partial charge in [-0.15, -0.1) is 0 Å². The van der Waals surface area contributed by atoms with E-state index in [0.717, 1.165) is 24.2 Å². The minimum atomic E-state index is 0.0553. The van der Waals surface area contributed by atoms with E-state index in [9.17, 15) is 4.79 Å².